The minimum absolute atomic E-state index is 0.217. The van der Waals surface area contributed by atoms with E-state index in [1.54, 1.807) is 23.0 Å². The van der Waals surface area contributed by atoms with Crippen molar-refractivity contribution in [3.05, 3.63) is 41.5 Å². The van der Waals surface area contributed by atoms with Crippen LogP contribution in [0.3, 0.4) is 0 Å². The summed E-state index contributed by atoms with van der Waals surface area (Å²) in [5.74, 6) is 0. The third-order valence-electron chi connectivity index (χ3n) is 5.47. The Morgan fingerprint density at radius 3 is 2.70 bits per heavy atom. The van der Waals surface area contributed by atoms with Gasteiger partial charge in [0.05, 0.1) is 11.4 Å². The van der Waals surface area contributed by atoms with Gasteiger partial charge in [0, 0.05) is 51.0 Å². The minimum Gasteiger partial charge on any atom is -0.302 e. The van der Waals surface area contributed by atoms with Crippen LogP contribution in [0.2, 0.25) is 0 Å². The molecule has 3 heterocycles. The lowest BCUT2D eigenvalue weighted by molar-refractivity contribution is 0.164. The Morgan fingerprint density at radius 2 is 2.07 bits per heavy atom. The first kappa shape index (κ1) is 20.0. The number of aryl methyl sites for hydroxylation is 2. The highest BCUT2D eigenvalue weighted by Gasteiger charge is 2.35. The van der Waals surface area contributed by atoms with E-state index in [2.05, 4.69) is 22.0 Å². The molecule has 0 saturated carbocycles. The summed E-state index contributed by atoms with van der Waals surface area (Å²) >= 11 is 0. The van der Waals surface area contributed by atoms with Gasteiger partial charge in [0.2, 0.25) is 10.0 Å². The van der Waals surface area contributed by atoms with Crippen molar-refractivity contribution in [1.82, 2.24) is 24.0 Å². The molecule has 0 bridgehead atoms. The number of hydrogen-bond acceptors (Lipinski definition) is 5. The fourth-order valence-electron chi connectivity index (χ4n) is 3.78. The van der Waals surface area contributed by atoms with Gasteiger partial charge in [0.1, 0.15) is 4.90 Å². The second-order valence-corrected chi connectivity index (χ2v) is 9.21. The Hall–Kier alpha value is -1.77. The lowest BCUT2D eigenvalue weighted by atomic mass is 10.1. The molecule has 2 aromatic heterocycles. The molecular formula is C19H29N5O2S. The van der Waals surface area contributed by atoms with Crippen molar-refractivity contribution < 1.29 is 8.42 Å². The molecule has 0 N–H and O–H groups in total. The van der Waals surface area contributed by atoms with E-state index in [1.165, 1.54) is 0 Å². The number of piperidine rings is 1. The Balaban J connectivity index is 1.69. The molecule has 1 saturated heterocycles. The highest BCUT2D eigenvalue weighted by atomic mass is 32.2. The molecule has 0 amide bonds. The highest BCUT2D eigenvalue weighted by molar-refractivity contribution is 7.89. The molecule has 1 unspecified atom stereocenters. The van der Waals surface area contributed by atoms with Gasteiger partial charge in [-0.2, -0.15) is 9.40 Å². The molecule has 1 aliphatic rings. The summed E-state index contributed by atoms with van der Waals surface area (Å²) in [6, 6.07) is 6.16. The summed E-state index contributed by atoms with van der Waals surface area (Å²) in [4.78, 5) is 7.00. The van der Waals surface area contributed by atoms with Crippen LogP contribution in [-0.4, -0.2) is 65.1 Å². The number of hydrogen-bond donors (Lipinski definition) is 0. The van der Waals surface area contributed by atoms with Crippen molar-refractivity contribution in [2.75, 3.05) is 26.7 Å². The van der Waals surface area contributed by atoms with Crippen LogP contribution in [0.5, 0.6) is 0 Å². The standard InChI is InChI=1S/C19H29N5O2S/c1-15-19(16(2)23(4)21-15)27(25,26)24-12-7-9-18(14-24)22(3)13-10-17-8-5-6-11-20-17/h5-6,8,11,18H,7,9-10,12-14H2,1-4H3. The second kappa shape index (κ2) is 8.08. The molecule has 7 nitrogen and oxygen atoms in total. The van der Waals surface area contributed by atoms with Crippen molar-refractivity contribution in [3.8, 4) is 0 Å². The number of rotatable bonds is 6. The van der Waals surface area contributed by atoms with E-state index in [9.17, 15) is 8.42 Å². The molecule has 1 fully saturated rings. The number of pyridine rings is 1. The van der Waals surface area contributed by atoms with E-state index in [1.807, 2.05) is 31.3 Å². The summed E-state index contributed by atoms with van der Waals surface area (Å²) < 4.78 is 29.7. The Kier molecular flexibility index (Phi) is 5.98. The van der Waals surface area contributed by atoms with Gasteiger partial charge in [0.25, 0.3) is 0 Å². The van der Waals surface area contributed by atoms with Gasteiger partial charge >= 0.3 is 0 Å². The molecule has 2 aromatic rings. The number of sulfonamides is 1. The quantitative estimate of drug-likeness (QED) is 0.750. The van der Waals surface area contributed by atoms with Crippen molar-refractivity contribution in [2.45, 2.75) is 44.0 Å². The molecule has 8 heteroatoms. The number of nitrogens with zero attached hydrogens (tertiary/aromatic N) is 5. The van der Waals surface area contributed by atoms with Crippen LogP contribution in [-0.2, 0) is 23.5 Å². The zero-order valence-corrected chi connectivity index (χ0v) is 17.4. The van der Waals surface area contributed by atoms with Crippen LogP contribution in [0, 0.1) is 13.8 Å². The maximum atomic E-state index is 13.2. The largest absolute Gasteiger partial charge is 0.302 e. The normalized spacial score (nSPS) is 18.9. The van der Waals surface area contributed by atoms with Crippen molar-refractivity contribution in [3.63, 3.8) is 0 Å². The van der Waals surface area contributed by atoms with Gasteiger partial charge < -0.3 is 4.90 Å². The molecule has 1 aliphatic heterocycles. The van der Waals surface area contributed by atoms with E-state index in [0.29, 0.717) is 29.4 Å². The van der Waals surface area contributed by atoms with Crippen LogP contribution >= 0.6 is 0 Å². The maximum Gasteiger partial charge on any atom is 0.246 e. The predicted molar refractivity (Wildman–Crippen MR) is 105 cm³/mol. The summed E-state index contributed by atoms with van der Waals surface area (Å²) in [5.41, 5.74) is 2.32. The summed E-state index contributed by atoms with van der Waals surface area (Å²) in [6.45, 7) is 5.53. The smallest absolute Gasteiger partial charge is 0.246 e. The minimum atomic E-state index is -3.53. The monoisotopic (exact) mass is 391 g/mol. The van der Waals surface area contributed by atoms with E-state index in [0.717, 1.165) is 31.5 Å². The van der Waals surface area contributed by atoms with Crippen LogP contribution in [0.15, 0.2) is 29.3 Å². The highest BCUT2D eigenvalue weighted by Crippen LogP contribution is 2.26. The lowest BCUT2D eigenvalue weighted by Crippen LogP contribution is -2.49. The van der Waals surface area contributed by atoms with Crippen molar-refractivity contribution >= 4 is 10.0 Å². The Bertz CT molecular complexity index is 879. The predicted octanol–water partition coefficient (Wildman–Crippen LogP) is 1.76. The first-order valence-corrected chi connectivity index (χ1v) is 10.8. The number of likely N-dealkylation sites (N-methyl/N-ethyl adjacent to an activating group) is 1. The molecular weight excluding hydrogens is 362 g/mol. The average molecular weight is 392 g/mol. The molecule has 0 aromatic carbocycles. The van der Waals surface area contributed by atoms with E-state index >= 15 is 0 Å². The second-order valence-electron chi connectivity index (χ2n) is 7.33. The van der Waals surface area contributed by atoms with E-state index < -0.39 is 10.0 Å². The topological polar surface area (TPSA) is 71.3 Å². The van der Waals surface area contributed by atoms with Gasteiger partial charge in [-0.25, -0.2) is 8.42 Å². The third kappa shape index (κ3) is 4.23. The summed E-state index contributed by atoms with van der Waals surface area (Å²) in [7, 11) is 0.332. The lowest BCUT2D eigenvalue weighted by Gasteiger charge is -2.37. The number of aromatic nitrogens is 3. The zero-order valence-electron chi connectivity index (χ0n) is 16.6. The van der Waals surface area contributed by atoms with E-state index in [4.69, 9.17) is 0 Å². The summed E-state index contributed by atoms with van der Waals surface area (Å²) in [5, 5.41) is 4.28. The van der Waals surface area contributed by atoms with Crippen LogP contribution in [0.4, 0.5) is 0 Å². The Morgan fingerprint density at radius 1 is 1.30 bits per heavy atom. The summed E-state index contributed by atoms with van der Waals surface area (Å²) in [6.07, 6.45) is 4.55. The molecule has 1 atom stereocenters. The van der Waals surface area contributed by atoms with Gasteiger partial charge in [-0.3, -0.25) is 9.67 Å². The SMILES string of the molecule is Cc1nn(C)c(C)c1S(=O)(=O)N1CCCC(N(C)CCc2ccccn2)C1. The average Bonchev–Trinajstić information content (AvgIpc) is 2.93. The van der Waals surface area contributed by atoms with Gasteiger partial charge in [-0.1, -0.05) is 6.07 Å². The zero-order chi connectivity index (χ0) is 19.6. The molecule has 27 heavy (non-hydrogen) atoms. The molecule has 3 rings (SSSR count). The van der Waals surface area contributed by atoms with Crippen LogP contribution in [0.25, 0.3) is 0 Å². The van der Waals surface area contributed by atoms with Crippen molar-refractivity contribution in [1.29, 1.82) is 0 Å². The van der Waals surface area contributed by atoms with Gasteiger partial charge in [-0.05, 0) is 45.9 Å². The maximum absolute atomic E-state index is 13.2. The van der Waals surface area contributed by atoms with Gasteiger partial charge in [-0.15, -0.1) is 0 Å². The van der Waals surface area contributed by atoms with Crippen LogP contribution in [0.1, 0.15) is 29.9 Å². The fraction of sp³-hybridized carbons (Fsp3) is 0.579. The molecule has 0 radical (unpaired) electrons. The fourth-order valence-corrected chi connectivity index (χ4v) is 5.69. The first-order chi connectivity index (χ1) is 12.8. The van der Waals surface area contributed by atoms with E-state index in [-0.39, 0.29) is 6.04 Å². The Labute approximate surface area is 162 Å². The molecule has 0 aliphatic carbocycles. The van der Waals surface area contributed by atoms with Crippen LogP contribution < -0.4 is 0 Å². The third-order valence-corrected chi connectivity index (χ3v) is 7.59. The van der Waals surface area contributed by atoms with Crippen molar-refractivity contribution in [2.24, 2.45) is 7.05 Å². The first-order valence-electron chi connectivity index (χ1n) is 9.41. The molecule has 0 spiro atoms. The van der Waals surface area contributed by atoms with Gasteiger partial charge in [0.15, 0.2) is 0 Å². The molecule has 148 valence electrons.